The number of benzene rings is 7. The van der Waals surface area contributed by atoms with Gasteiger partial charge in [0.15, 0.2) is 28.6 Å². The van der Waals surface area contributed by atoms with Crippen LogP contribution in [0.3, 0.4) is 0 Å². The highest BCUT2D eigenvalue weighted by atomic mass is 32.2. The fourth-order valence-corrected chi connectivity index (χ4v) is 10.9. The molecule has 0 aliphatic carbocycles. The lowest BCUT2D eigenvalue weighted by atomic mass is 10.1. The quantitative estimate of drug-likeness (QED) is 0.0136. The minimum atomic E-state index is -5.65. The van der Waals surface area contributed by atoms with Crippen LogP contribution in [0.2, 0.25) is 0 Å². The van der Waals surface area contributed by atoms with Gasteiger partial charge in [-0.25, -0.2) is 9.48 Å². The minimum Gasteiger partial charge on any atom is -0.505 e. The van der Waals surface area contributed by atoms with Gasteiger partial charge in [-0.2, -0.15) is 47.2 Å². The summed E-state index contributed by atoms with van der Waals surface area (Å²) < 4.78 is 181. The maximum atomic E-state index is 13.3. The minimum absolute atomic E-state index is 0.0831. The number of carboxylic acids is 1. The lowest BCUT2D eigenvalue weighted by Gasteiger charge is -2.13. The zero-order valence-corrected chi connectivity index (χ0v) is 44.6. The van der Waals surface area contributed by atoms with Gasteiger partial charge >= 0.3 is 5.97 Å². The van der Waals surface area contributed by atoms with E-state index in [-0.39, 0.29) is 22.8 Å². The molecule has 0 atom stereocenters. The first kappa shape index (κ1) is 59.2. The van der Waals surface area contributed by atoms with Crippen molar-refractivity contribution in [2.24, 2.45) is 40.9 Å². The Bertz CT molecular complexity index is 4930. The highest BCUT2D eigenvalue weighted by Gasteiger charge is 2.30. The van der Waals surface area contributed by atoms with E-state index >= 15 is 0 Å². The summed E-state index contributed by atoms with van der Waals surface area (Å²) in [6, 6.07) is 13.7. The predicted octanol–water partition coefficient (Wildman–Crippen LogP) is 7.98. The number of nitro benzene ring substituents is 1. The Hall–Kier alpha value is -9.91. The smallest absolute Gasteiger partial charge is 0.356 e. The molecule has 1 heterocycles. The number of nitrogens with zero attached hydrogens (tertiary/aromatic N) is 10. The van der Waals surface area contributed by atoms with E-state index in [1.807, 2.05) is 0 Å². The standard InChI is InChI=1S/C43H30N12O23S5/c1-78-30-15-20(55(61)62)5-11-25(30)46-48-27-12-9-23-31(80(66,67)68)17-29(35(44)34(23)40(27)57)50-49-28-13-8-22-24(41(28)83(75,76)77)16-33(82(72,73)74)36(39(22)56)51-45-18-2-10-26(32(14-18)81(69,70)71)47-52-37-38(43(59)60)53-54(42(37)58)19-3-6-21(7-4-19)79(63,64)65/h2-17,53,56-57H,44H2,1H3,(H,59,60)(H,63,64,65)(H,66,67,68)(H,69,70,71)(H,72,73,74)(H,75,76,77). The highest BCUT2D eigenvalue weighted by molar-refractivity contribution is 7.87. The SMILES string of the molecule is COc1cc([N+](=O)[O-])ccc1N=Nc1ccc2c(S(=O)(=O)O)cc(N=Nc3ccc4c(O)c(N=Nc5ccc(N=Nc6c(C(=O)O)[nH]n(-c7ccc(S(=O)(=O)O)cc7)c6=O)c(S(=O)(=O)O)c5)c(S(=O)(=O)O)cc4c3S(=O)(=O)O)c(N)c2c1O. The number of methoxy groups -OCH3 is 1. The number of phenolic OH excluding ortho intramolecular Hbond substituents is 2. The number of anilines is 1. The number of rotatable bonds is 17. The van der Waals surface area contributed by atoms with Crippen molar-refractivity contribution < 1.29 is 94.6 Å². The molecule has 0 saturated carbocycles. The van der Waals surface area contributed by atoms with Crippen LogP contribution in [0.1, 0.15) is 10.5 Å². The Morgan fingerprint density at radius 3 is 1.72 bits per heavy atom. The largest absolute Gasteiger partial charge is 0.505 e. The summed E-state index contributed by atoms with van der Waals surface area (Å²) in [4.78, 5) is 30.3. The maximum Gasteiger partial charge on any atom is 0.356 e. The molecule has 0 fully saturated rings. The Labute approximate surface area is 461 Å². The van der Waals surface area contributed by atoms with Crippen molar-refractivity contribution >= 4 is 135 Å². The van der Waals surface area contributed by atoms with Crippen LogP contribution in [0.4, 0.5) is 56.9 Å². The molecule has 7 aromatic carbocycles. The van der Waals surface area contributed by atoms with Crippen molar-refractivity contribution in [1.29, 1.82) is 0 Å². The summed E-state index contributed by atoms with van der Waals surface area (Å²) in [7, 11) is -25.4. The Kier molecular flexibility index (Phi) is 15.4. The number of nitrogens with two attached hydrogens (primary N) is 1. The van der Waals surface area contributed by atoms with Gasteiger partial charge in [-0.1, -0.05) is 6.07 Å². The Morgan fingerprint density at radius 1 is 0.578 bits per heavy atom. The zero-order chi connectivity index (χ0) is 61.1. The number of non-ortho nitro benzene ring substituents is 1. The van der Waals surface area contributed by atoms with Gasteiger partial charge in [-0.15, -0.1) is 35.8 Å². The molecule has 0 saturated heterocycles. The second kappa shape index (κ2) is 21.5. The molecular weight excluding hydrogens is 1210 g/mol. The molecular formula is C43H30N12O23S5. The van der Waals surface area contributed by atoms with E-state index in [9.17, 15) is 99.9 Å². The Morgan fingerprint density at radius 2 is 1.13 bits per heavy atom. The van der Waals surface area contributed by atoms with Crippen molar-refractivity contribution in [1.82, 2.24) is 9.78 Å². The van der Waals surface area contributed by atoms with Crippen LogP contribution in [-0.4, -0.2) is 108 Å². The fraction of sp³-hybridized carbons (Fsp3) is 0.0233. The van der Waals surface area contributed by atoms with Gasteiger partial charge in [0.1, 0.15) is 53.7 Å². The van der Waals surface area contributed by atoms with Crippen LogP contribution < -0.4 is 16.0 Å². The molecule has 1 aromatic heterocycles. The number of nitrogens with one attached hydrogen (secondary N) is 1. The number of aromatic carboxylic acids is 1. The first-order chi connectivity index (χ1) is 38.6. The average molecular weight is 1240 g/mol. The number of fused-ring (bicyclic) bond motifs is 2. The highest BCUT2D eigenvalue weighted by Crippen LogP contribution is 2.48. The van der Waals surface area contributed by atoms with Crippen LogP contribution in [0.15, 0.2) is 167 Å². The summed E-state index contributed by atoms with van der Waals surface area (Å²) in [5.41, 5.74) is -2.78. The second-order valence-corrected chi connectivity index (χ2v) is 23.4. The van der Waals surface area contributed by atoms with Crippen LogP contribution in [0.25, 0.3) is 27.2 Å². The summed E-state index contributed by atoms with van der Waals surface area (Å²) in [5.74, 6) is -4.13. The number of carboxylic acid groups (broad SMARTS) is 1. The molecule has 0 spiro atoms. The van der Waals surface area contributed by atoms with Crippen LogP contribution in [-0.2, 0) is 50.6 Å². The van der Waals surface area contributed by atoms with Gasteiger partial charge in [0, 0.05) is 22.2 Å². The third-order valence-corrected chi connectivity index (χ3v) is 15.8. The van der Waals surface area contributed by atoms with Gasteiger partial charge in [0.2, 0.25) is 0 Å². The second-order valence-electron chi connectivity index (χ2n) is 16.5. The third-order valence-electron chi connectivity index (χ3n) is 11.3. The van der Waals surface area contributed by atoms with E-state index in [4.69, 9.17) is 10.5 Å². The zero-order valence-electron chi connectivity index (χ0n) is 40.5. The molecule has 0 aliphatic rings. The van der Waals surface area contributed by atoms with Crippen molar-refractivity contribution in [3.8, 4) is 22.9 Å². The number of aromatic hydroxyl groups is 2. The number of aromatic nitrogens is 2. The summed E-state index contributed by atoms with van der Waals surface area (Å²) in [5, 5.41) is 73.0. The van der Waals surface area contributed by atoms with Crippen LogP contribution >= 0.6 is 0 Å². The lowest BCUT2D eigenvalue weighted by molar-refractivity contribution is -0.384. The molecule has 0 aliphatic heterocycles. The molecule has 11 N–H and O–H groups in total. The van der Waals surface area contributed by atoms with E-state index < -0.39 is 176 Å². The molecule has 40 heteroatoms. The van der Waals surface area contributed by atoms with E-state index in [1.165, 1.54) is 7.11 Å². The lowest BCUT2D eigenvalue weighted by Crippen LogP contribution is -2.14. The van der Waals surface area contributed by atoms with Crippen LogP contribution in [0.5, 0.6) is 17.2 Å². The van der Waals surface area contributed by atoms with Gasteiger partial charge in [0.05, 0.1) is 45.4 Å². The number of aromatic amines is 1. The molecule has 8 aromatic rings. The third kappa shape index (κ3) is 12.0. The van der Waals surface area contributed by atoms with Crippen molar-refractivity contribution in [3.63, 3.8) is 0 Å². The van der Waals surface area contributed by atoms with Crippen LogP contribution in [0, 0.1) is 10.1 Å². The summed E-state index contributed by atoms with van der Waals surface area (Å²) >= 11 is 0. The van der Waals surface area contributed by atoms with Crippen molar-refractivity contribution in [2.75, 3.05) is 12.8 Å². The number of nitrogen functional groups attached to an aromatic ring is 1. The predicted molar refractivity (Wildman–Crippen MR) is 281 cm³/mol. The van der Waals surface area contributed by atoms with Gasteiger partial charge in [-0.3, -0.25) is 42.8 Å². The average Bonchev–Trinajstić information content (AvgIpc) is 3.57. The molecule has 35 nitrogen and oxygen atoms in total. The molecule has 8 rings (SSSR count). The molecule has 0 radical (unpaired) electrons. The molecule has 83 heavy (non-hydrogen) atoms. The molecule has 0 unspecified atom stereocenters. The Balaban J connectivity index is 1.19. The fourth-order valence-electron chi connectivity index (χ4n) is 7.63. The summed E-state index contributed by atoms with van der Waals surface area (Å²) in [6.45, 7) is 0. The van der Waals surface area contributed by atoms with Crippen molar-refractivity contribution in [3.05, 3.63) is 123 Å². The first-order valence-electron chi connectivity index (χ1n) is 21.7. The number of hydrogen-bond acceptors (Lipinski definition) is 26. The number of H-pyrrole nitrogens is 1. The maximum absolute atomic E-state index is 13.3. The summed E-state index contributed by atoms with van der Waals surface area (Å²) in [6.07, 6.45) is 0. The number of phenols is 2. The normalized spacial score (nSPS) is 12.9. The van der Waals surface area contributed by atoms with Gasteiger partial charge in [0.25, 0.3) is 61.8 Å². The topological polar surface area (TPSA) is 565 Å². The number of ether oxygens (including phenoxy) is 1. The van der Waals surface area contributed by atoms with Crippen molar-refractivity contribution in [2.45, 2.75) is 24.5 Å². The number of hydrogen-bond donors (Lipinski definition) is 10. The van der Waals surface area contributed by atoms with E-state index in [2.05, 4.69) is 46.0 Å². The number of nitro groups is 1. The van der Waals surface area contributed by atoms with E-state index in [0.29, 0.717) is 22.9 Å². The molecule has 0 bridgehead atoms. The molecule has 430 valence electrons. The number of azo groups is 4. The van der Waals surface area contributed by atoms with E-state index in [1.54, 1.807) is 0 Å². The van der Waals surface area contributed by atoms with Gasteiger partial charge < -0.3 is 25.8 Å². The monoisotopic (exact) mass is 1240 g/mol. The van der Waals surface area contributed by atoms with E-state index in [0.717, 1.165) is 78.9 Å². The van der Waals surface area contributed by atoms with Gasteiger partial charge in [-0.05, 0) is 78.9 Å². The number of carbonyl (C=O) groups is 1. The molecule has 0 amide bonds. The first-order valence-corrected chi connectivity index (χ1v) is 28.9.